The fourth-order valence-corrected chi connectivity index (χ4v) is 2.21. The number of hydrogen-bond donors (Lipinski definition) is 0. The number of halogens is 3. The summed E-state index contributed by atoms with van der Waals surface area (Å²) in [7, 11) is 0. The van der Waals surface area contributed by atoms with Gasteiger partial charge in [-0.15, -0.1) is 0 Å². The van der Waals surface area contributed by atoms with E-state index in [0.29, 0.717) is 18.7 Å². The molecule has 0 saturated carbocycles. The zero-order valence-electron chi connectivity index (χ0n) is 8.78. The first kappa shape index (κ1) is 12.3. The monoisotopic (exact) mass is 305 g/mol. The van der Waals surface area contributed by atoms with Crippen molar-refractivity contribution in [1.82, 2.24) is 0 Å². The van der Waals surface area contributed by atoms with Crippen LogP contribution in [-0.2, 0) is 4.79 Å². The standard InChI is InChI=1S/C11H10BrF2NO2/c12-7-5-6-15(10(7)16)8-3-1-2-4-9(8)17-11(13)14/h1-4,7,11H,5-6H2/t7-/m0/s1. The van der Waals surface area contributed by atoms with Gasteiger partial charge >= 0.3 is 6.61 Å². The maximum Gasteiger partial charge on any atom is 0.387 e. The number of rotatable bonds is 3. The average molecular weight is 306 g/mol. The summed E-state index contributed by atoms with van der Waals surface area (Å²) in [5.41, 5.74) is 0.389. The summed E-state index contributed by atoms with van der Waals surface area (Å²) < 4.78 is 28.9. The zero-order valence-corrected chi connectivity index (χ0v) is 10.4. The third-order valence-electron chi connectivity index (χ3n) is 2.51. The van der Waals surface area contributed by atoms with E-state index in [9.17, 15) is 13.6 Å². The van der Waals surface area contributed by atoms with E-state index in [1.807, 2.05) is 0 Å². The number of amides is 1. The molecule has 1 aliphatic rings. The number of hydrogen-bond acceptors (Lipinski definition) is 2. The Morgan fingerprint density at radius 2 is 2.12 bits per heavy atom. The highest BCUT2D eigenvalue weighted by molar-refractivity contribution is 9.10. The number of para-hydroxylation sites is 2. The Hall–Kier alpha value is -1.17. The molecule has 1 heterocycles. The predicted octanol–water partition coefficient (Wildman–Crippen LogP) is 2.79. The summed E-state index contributed by atoms with van der Waals surface area (Å²) in [6.07, 6.45) is 0.655. The van der Waals surface area contributed by atoms with Gasteiger partial charge in [0.2, 0.25) is 5.91 Å². The summed E-state index contributed by atoms with van der Waals surface area (Å²) in [5, 5.41) is 0. The van der Waals surface area contributed by atoms with Gasteiger partial charge in [0.05, 0.1) is 10.5 Å². The van der Waals surface area contributed by atoms with Crippen molar-refractivity contribution in [1.29, 1.82) is 0 Å². The average Bonchev–Trinajstić information content (AvgIpc) is 2.60. The van der Waals surface area contributed by atoms with E-state index in [2.05, 4.69) is 20.7 Å². The molecule has 0 aromatic heterocycles. The molecular formula is C11H10BrF2NO2. The highest BCUT2D eigenvalue weighted by Gasteiger charge is 2.32. The molecule has 1 atom stereocenters. The molecule has 0 N–H and O–H groups in total. The van der Waals surface area contributed by atoms with E-state index >= 15 is 0 Å². The molecule has 3 nitrogen and oxygen atoms in total. The lowest BCUT2D eigenvalue weighted by Gasteiger charge is -2.19. The minimum atomic E-state index is -2.89. The molecule has 6 heteroatoms. The molecule has 0 unspecified atom stereocenters. The van der Waals surface area contributed by atoms with Crippen LogP contribution in [0, 0.1) is 0 Å². The Balaban J connectivity index is 2.29. The number of benzene rings is 1. The fourth-order valence-electron chi connectivity index (χ4n) is 1.76. The first-order valence-corrected chi connectivity index (χ1v) is 6.00. The van der Waals surface area contributed by atoms with E-state index < -0.39 is 6.61 Å². The maximum absolute atomic E-state index is 12.2. The number of carbonyl (C=O) groups excluding carboxylic acids is 1. The van der Waals surface area contributed by atoms with Gasteiger partial charge in [0, 0.05) is 6.54 Å². The van der Waals surface area contributed by atoms with Crippen LogP contribution in [0.5, 0.6) is 5.75 Å². The Bertz CT molecular complexity index is 428. The molecule has 2 rings (SSSR count). The molecule has 1 aromatic rings. The quantitative estimate of drug-likeness (QED) is 0.804. The molecule has 1 aliphatic heterocycles. The third-order valence-corrected chi connectivity index (χ3v) is 3.36. The molecule has 17 heavy (non-hydrogen) atoms. The predicted molar refractivity (Wildman–Crippen MR) is 62.8 cm³/mol. The van der Waals surface area contributed by atoms with Gasteiger partial charge in [-0.05, 0) is 18.6 Å². The van der Waals surface area contributed by atoms with Crippen molar-refractivity contribution in [2.75, 3.05) is 11.4 Å². The van der Waals surface area contributed by atoms with Gasteiger partial charge in [0.1, 0.15) is 5.75 Å². The van der Waals surface area contributed by atoms with Crippen LogP contribution in [0.4, 0.5) is 14.5 Å². The lowest BCUT2D eigenvalue weighted by atomic mass is 10.2. The molecule has 1 fully saturated rings. The Labute approximate surface area is 105 Å². The fraction of sp³-hybridized carbons (Fsp3) is 0.364. The van der Waals surface area contributed by atoms with Crippen molar-refractivity contribution in [2.24, 2.45) is 0 Å². The third kappa shape index (κ3) is 2.57. The SMILES string of the molecule is O=C1[C@@H](Br)CCN1c1ccccc1OC(F)F. The van der Waals surface area contributed by atoms with Gasteiger partial charge in [-0.3, -0.25) is 4.79 Å². The smallest absolute Gasteiger partial charge is 0.387 e. The van der Waals surface area contributed by atoms with Crippen LogP contribution >= 0.6 is 15.9 Å². The number of carbonyl (C=O) groups is 1. The van der Waals surface area contributed by atoms with Gasteiger partial charge < -0.3 is 9.64 Å². The largest absolute Gasteiger partial charge is 0.433 e. The minimum Gasteiger partial charge on any atom is -0.433 e. The second kappa shape index (κ2) is 5.00. The summed E-state index contributed by atoms with van der Waals surface area (Å²) in [6.45, 7) is -2.40. The molecule has 1 aromatic carbocycles. The van der Waals surface area contributed by atoms with Crippen molar-refractivity contribution in [3.63, 3.8) is 0 Å². The number of nitrogens with zero attached hydrogens (tertiary/aromatic N) is 1. The molecule has 0 radical (unpaired) electrons. The van der Waals surface area contributed by atoms with Gasteiger partial charge in [-0.1, -0.05) is 28.1 Å². The highest BCUT2D eigenvalue weighted by atomic mass is 79.9. The number of anilines is 1. The van der Waals surface area contributed by atoms with E-state index in [4.69, 9.17) is 0 Å². The van der Waals surface area contributed by atoms with Crippen LogP contribution in [-0.4, -0.2) is 23.9 Å². The topological polar surface area (TPSA) is 29.5 Å². The Morgan fingerprint density at radius 3 is 2.71 bits per heavy atom. The van der Waals surface area contributed by atoms with Gasteiger partial charge in [-0.2, -0.15) is 8.78 Å². The van der Waals surface area contributed by atoms with Crippen LogP contribution in [0.25, 0.3) is 0 Å². The number of ether oxygens (including phenoxy) is 1. The Morgan fingerprint density at radius 1 is 1.41 bits per heavy atom. The van der Waals surface area contributed by atoms with Crippen LogP contribution in [0.2, 0.25) is 0 Å². The van der Waals surface area contributed by atoms with Crippen LogP contribution < -0.4 is 9.64 Å². The molecule has 92 valence electrons. The van der Waals surface area contributed by atoms with E-state index in [1.165, 1.54) is 11.0 Å². The van der Waals surface area contributed by atoms with E-state index in [0.717, 1.165) is 0 Å². The molecule has 0 bridgehead atoms. The van der Waals surface area contributed by atoms with E-state index in [1.54, 1.807) is 18.2 Å². The van der Waals surface area contributed by atoms with Crippen LogP contribution in [0.3, 0.4) is 0 Å². The van der Waals surface area contributed by atoms with Gasteiger partial charge in [0.15, 0.2) is 0 Å². The molecule has 0 spiro atoms. The van der Waals surface area contributed by atoms with Crippen molar-refractivity contribution in [3.8, 4) is 5.75 Å². The minimum absolute atomic E-state index is 0.0254. The van der Waals surface area contributed by atoms with E-state index in [-0.39, 0.29) is 16.5 Å². The molecule has 1 saturated heterocycles. The van der Waals surface area contributed by atoms with Crippen molar-refractivity contribution < 1.29 is 18.3 Å². The van der Waals surface area contributed by atoms with Gasteiger partial charge in [0.25, 0.3) is 0 Å². The van der Waals surface area contributed by atoms with Crippen molar-refractivity contribution in [2.45, 2.75) is 17.9 Å². The summed E-state index contributed by atoms with van der Waals surface area (Å²) in [6, 6.07) is 6.30. The van der Waals surface area contributed by atoms with Crippen LogP contribution in [0.15, 0.2) is 24.3 Å². The Kier molecular flexibility index (Phi) is 3.61. The normalized spacial score (nSPS) is 20.1. The van der Waals surface area contributed by atoms with Crippen molar-refractivity contribution >= 4 is 27.5 Å². The van der Waals surface area contributed by atoms with Crippen molar-refractivity contribution in [3.05, 3.63) is 24.3 Å². The highest BCUT2D eigenvalue weighted by Crippen LogP contribution is 2.33. The molecular weight excluding hydrogens is 296 g/mol. The molecule has 1 amide bonds. The van der Waals surface area contributed by atoms with Crippen LogP contribution in [0.1, 0.15) is 6.42 Å². The summed E-state index contributed by atoms with van der Waals surface area (Å²) in [5.74, 6) is -0.104. The second-order valence-corrected chi connectivity index (χ2v) is 4.70. The first-order chi connectivity index (χ1) is 8.09. The number of alkyl halides is 3. The lowest BCUT2D eigenvalue weighted by molar-refractivity contribution is -0.116. The first-order valence-electron chi connectivity index (χ1n) is 5.09. The summed E-state index contributed by atoms with van der Waals surface area (Å²) in [4.78, 5) is 13.0. The zero-order chi connectivity index (χ0) is 12.4. The summed E-state index contributed by atoms with van der Waals surface area (Å²) >= 11 is 3.24. The molecule has 0 aliphatic carbocycles. The van der Waals surface area contributed by atoms with Gasteiger partial charge in [-0.25, -0.2) is 0 Å². The lowest BCUT2D eigenvalue weighted by Crippen LogP contribution is -2.27. The second-order valence-electron chi connectivity index (χ2n) is 3.59. The maximum atomic E-state index is 12.2.